The molecule has 46 heavy (non-hydrogen) atoms. The molecule has 0 saturated carbocycles. The lowest BCUT2D eigenvalue weighted by Gasteiger charge is -2.46. The Morgan fingerprint density at radius 3 is 2.83 bits per heavy atom. The number of hydrogen-bond acceptors (Lipinski definition) is 9. The van der Waals surface area contributed by atoms with Crippen molar-refractivity contribution in [2.75, 3.05) is 32.5 Å². The van der Waals surface area contributed by atoms with Crippen LogP contribution in [0.15, 0.2) is 52.8 Å². The van der Waals surface area contributed by atoms with E-state index in [1.807, 2.05) is 18.2 Å². The zero-order chi connectivity index (χ0) is 31.9. The Bertz CT molecular complexity index is 2030. The molecule has 4 heterocycles. The van der Waals surface area contributed by atoms with Crippen LogP contribution < -0.4 is 15.6 Å². The number of morpholine rings is 1. The monoisotopic (exact) mass is 651 g/mol. The SMILES string of the molecule is COC(=O)OCOc1c2n(ccc1=O)N[C@@H]1C(c3cccc4c3Cc3ccc(F)c5c3-c3c(csc3-4)C(F)(F)C5)OCCN1C2=O. The Balaban J connectivity index is 1.22. The molecule has 2 aliphatic heterocycles. The van der Waals surface area contributed by atoms with Gasteiger partial charge in [-0.3, -0.25) is 14.3 Å². The summed E-state index contributed by atoms with van der Waals surface area (Å²) in [5.41, 5.74) is 6.47. The highest BCUT2D eigenvalue weighted by Gasteiger charge is 2.47. The van der Waals surface area contributed by atoms with Gasteiger partial charge in [-0.15, -0.1) is 11.3 Å². The molecule has 2 aromatic heterocycles. The minimum atomic E-state index is -3.21. The fraction of sp³-hybridized carbons (Fsp3) is 0.281. The van der Waals surface area contributed by atoms with Crippen molar-refractivity contribution in [3.63, 3.8) is 0 Å². The number of aromatic nitrogens is 1. The molecular formula is C32H24F3N3O7S. The molecule has 8 rings (SSSR count). The molecular weight excluding hydrogens is 627 g/mol. The maximum Gasteiger partial charge on any atom is 0.510 e. The van der Waals surface area contributed by atoms with Gasteiger partial charge in [0, 0.05) is 52.2 Å². The van der Waals surface area contributed by atoms with Crippen molar-refractivity contribution in [3.05, 3.63) is 97.5 Å². The molecule has 1 fully saturated rings. The van der Waals surface area contributed by atoms with E-state index in [1.165, 1.54) is 44.6 Å². The number of rotatable bonds is 4. The van der Waals surface area contributed by atoms with Crippen LogP contribution in [0.5, 0.6) is 5.75 Å². The van der Waals surface area contributed by atoms with E-state index in [9.17, 15) is 14.4 Å². The Morgan fingerprint density at radius 2 is 2.00 bits per heavy atom. The summed E-state index contributed by atoms with van der Waals surface area (Å²) >= 11 is 1.21. The normalized spacial score (nSPS) is 19.9. The molecule has 1 amide bonds. The topological polar surface area (TPSA) is 108 Å². The summed E-state index contributed by atoms with van der Waals surface area (Å²) in [5.74, 6) is -4.67. The van der Waals surface area contributed by atoms with Gasteiger partial charge in [0.2, 0.25) is 18.0 Å². The molecule has 4 aromatic rings. The van der Waals surface area contributed by atoms with Gasteiger partial charge in [0.25, 0.3) is 11.8 Å². The summed E-state index contributed by atoms with van der Waals surface area (Å²) < 4.78 is 68.0. The Morgan fingerprint density at radius 1 is 1.15 bits per heavy atom. The number of nitrogens with one attached hydrogen (secondary N) is 1. The first-order valence-corrected chi connectivity index (χ1v) is 15.3. The summed E-state index contributed by atoms with van der Waals surface area (Å²) in [5, 5.41) is 1.47. The van der Waals surface area contributed by atoms with E-state index in [2.05, 4.69) is 10.2 Å². The number of thiophene rings is 1. The average molecular weight is 652 g/mol. The molecule has 4 aliphatic rings. The van der Waals surface area contributed by atoms with Crippen molar-refractivity contribution in [1.82, 2.24) is 9.58 Å². The number of halogens is 3. The molecule has 0 bridgehead atoms. The number of methoxy groups -OCH3 is 1. The number of pyridine rings is 1. The third kappa shape index (κ3) is 4.16. The Kier molecular flexibility index (Phi) is 6.45. The van der Waals surface area contributed by atoms with Crippen LogP contribution in [0.3, 0.4) is 0 Å². The summed E-state index contributed by atoms with van der Waals surface area (Å²) in [7, 11) is 1.12. The van der Waals surface area contributed by atoms with Crippen molar-refractivity contribution >= 4 is 23.4 Å². The zero-order valence-electron chi connectivity index (χ0n) is 24.1. The van der Waals surface area contributed by atoms with Gasteiger partial charge >= 0.3 is 6.16 Å². The van der Waals surface area contributed by atoms with Gasteiger partial charge in [0.1, 0.15) is 18.1 Å². The molecule has 0 radical (unpaired) electrons. The van der Waals surface area contributed by atoms with Crippen LogP contribution in [0.4, 0.5) is 18.0 Å². The highest BCUT2D eigenvalue weighted by atomic mass is 32.1. The van der Waals surface area contributed by atoms with Gasteiger partial charge in [-0.1, -0.05) is 24.3 Å². The van der Waals surface area contributed by atoms with Crippen molar-refractivity contribution in [1.29, 1.82) is 0 Å². The third-order valence-corrected chi connectivity index (χ3v) is 9.91. The molecule has 2 aromatic carbocycles. The highest BCUT2D eigenvalue weighted by Crippen LogP contribution is 2.56. The smallest absolute Gasteiger partial charge is 0.451 e. The van der Waals surface area contributed by atoms with E-state index in [4.69, 9.17) is 14.2 Å². The quantitative estimate of drug-likeness (QED) is 0.210. The molecule has 2 aliphatic carbocycles. The van der Waals surface area contributed by atoms with E-state index >= 15 is 13.2 Å². The van der Waals surface area contributed by atoms with Crippen LogP contribution in [-0.2, 0) is 33.0 Å². The fourth-order valence-electron chi connectivity index (χ4n) is 6.90. The number of carbonyl (C=O) groups excluding carboxylic acids is 2. The second-order valence-corrected chi connectivity index (χ2v) is 12.2. The molecule has 14 heteroatoms. The van der Waals surface area contributed by atoms with E-state index in [-0.39, 0.29) is 35.7 Å². The van der Waals surface area contributed by atoms with Crippen LogP contribution >= 0.6 is 11.3 Å². The third-order valence-electron chi connectivity index (χ3n) is 8.89. The number of amides is 1. The lowest BCUT2D eigenvalue weighted by atomic mass is 9.81. The second-order valence-electron chi connectivity index (χ2n) is 11.3. The van der Waals surface area contributed by atoms with Gasteiger partial charge in [-0.25, -0.2) is 18.0 Å². The van der Waals surface area contributed by atoms with E-state index < -0.39 is 54.7 Å². The first-order valence-electron chi connectivity index (χ1n) is 14.4. The predicted molar refractivity (Wildman–Crippen MR) is 158 cm³/mol. The minimum absolute atomic E-state index is 0.0180. The van der Waals surface area contributed by atoms with Gasteiger partial charge in [0.05, 0.1) is 13.7 Å². The highest BCUT2D eigenvalue weighted by molar-refractivity contribution is 7.14. The maximum absolute atomic E-state index is 15.3. The van der Waals surface area contributed by atoms with Gasteiger partial charge in [-0.2, -0.15) is 0 Å². The van der Waals surface area contributed by atoms with Crippen molar-refractivity contribution in [2.24, 2.45) is 0 Å². The minimum Gasteiger partial charge on any atom is -0.451 e. The number of alkyl halides is 2. The number of benzene rings is 2. The molecule has 1 unspecified atom stereocenters. The number of fused-ring (bicyclic) bond motifs is 4. The molecule has 10 nitrogen and oxygen atoms in total. The first-order chi connectivity index (χ1) is 22.2. The number of nitrogens with zero attached hydrogens (tertiary/aromatic N) is 2. The molecule has 236 valence electrons. The van der Waals surface area contributed by atoms with E-state index in [0.717, 1.165) is 29.4 Å². The fourth-order valence-corrected chi connectivity index (χ4v) is 8.08. The van der Waals surface area contributed by atoms with Crippen LogP contribution in [0.1, 0.15) is 44.4 Å². The van der Waals surface area contributed by atoms with Gasteiger partial charge in [-0.05, 0) is 40.3 Å². The van der Waals surface area contributed by atoms with Crippen LogP contribution in [0.2, 0.25) is 0 Å². The summed E-state index contributed by atoms with van der Waals surface area (Å²) in [6.07, 6.45) is -1.42. The molecule has 1 N–H and O–H groups in total. The molecule has 0 spiro atoms. The summed E-state index contributed by atoms with van der Waals surface area (Å²) in [6.45, 7) is -0.283. The second kappa shape index (κ2) is 10.4. The largest absolute Gasteiger partial charge is 0.510 e. The van der Waals surface area contributed by atoms with Crippen LogP contribution in [-0.4, -0.2) is 54.9 Å². The van der Waals surface area contributed by atoms with Crippen LogP contribution in [0.25, 0.3) is 21.6 Å². The van der Waals surface area contributed by atoms with Crippen molar-refractivity contribution in [3.8, 4) is 27.3 Å². The molecule has 1 saturated heterocycles. The van der Waals surface area contributed by atoms with Crippen molar-refractivity contribution in [2.45, 2.75) is 31.0 Å². The lowest BCUT2D eigenvalue weighted by molar-refractivity contribution is -0.0606. The average Bonchev–Trinajstić information content (AvgIpc) is 3.44. The Hall–Kier alpha value is -4.82. The Labute approximate surface area is 262 Å². The lowest BCUT2D eigenvalue weighted by Crippen LogP contribution is -2.60. The predicted octanol–water partition coefficient (Wildman–Crippen LogP) is 5.15. The number of hydrogen-bond donors (Lipinski definition) is 1. The summed E-state index contributed by atoms with van der Waals surface area (Å²) in [6, 6.07) is 9.70. The van der Waals surface area contributed by atoms with Gasteiger partial charge < -0.3 is 29.3 Å². The summed E-state index contributed by atoms with van der Waals surface area (Å²) in [4.78, 5) is 40.2. The number of carbonyl (C=O) groups is 2. The maximum atomic E-state index is 15.3. The van der Waals surface area contributed by atoms with Gasteiger partial charge in [0.15, 0.2) is 5.69 Å². The standard InChI is InChI=1S/C32H24F3N3O7S/c1-42-31(41)45-14-44-27-22(39)7-8-38-25(27)30(40)37-9-10-43-26(29(37)36-38)16-3-2-4-17-18(16)11-15-5-6-21(33)19-12-32(34,35)20-13-46-28(17)24(20)23(15)19/h2-8,13,26,29,36H,9-12,14H2,1H3/t26?,29-/m0/s1. The number of ether oxygens (including phenoxy) is 4. The van der Waals surface area contributed by atoms with Crippen molar-refractivity contribution < 1.29 is 41.7 Å². The van der Waals surface area contributed by atoms with E-state index in [1.54, 1.807) is 6.07 Å². The first kappa shape index (κ1) is 28.6. The van der Waals surface area contributed by atoms with Crippen LogP contribution in [0, 0.1) is 5.82 Å². The van der Waals surface area contributed by atoms with E-state index in [0.29, 0.717) is 22.4 Å². The molecule has 2 atom stereocenters. The zero-order valence-corrected chi connectivity index (χ0v) is 24.9.